The Morgan fingerprint density at radius 1 is 1.48 bits per heavy atom. The van der Waals surface area contributed by atoms with Gasteiger partial charge in [-0.25, -0.2) is 5.43 Å². The number of rotatable bonds is 8. The quantitative estimate of drug-likeness (QED) is 0.296. The van der Waals surface area contributed by atoms with E-state index in [1.165, 1.54) is 24.0 Å². The fourth-order valence-corrected chi connectivity index (χ4v) is 2.97. The van der Waals surface area contributed by atoms with E-state index in [4.69, 9.17) is 9.84 Å². The maximum Gasteiger partial charge on any atom is 0.283 e. The Balaban J connectivity index is 1.92. The van der Waals surface area contributed by atoms with Crippen LogP contribution in [0.2, 0.25) is 0 Å². The van der Waals surface area contributed by atoms with Crippen LogP contribution in [0.4, 0.5) is 5.69 Å². The number of nitro groups is 1. The lowest BCUT2D eigenvalue weighted by Crippen LogP contribution is -2.42. The number of ether oxygens (including phenoxy) is 1. The largest absolute Gasteiger partial charge is 0.396 e. The molecule has 1 aliphatic rings. The summed E-state index contributed by atoms with van der Waals surface area (Å²) in [4.78, 5) is 24.9. The molecule has 1 aromatic carbocycles. The summed E-state index contributed by atoms with van der Waals surface area (Å²) in [6.07, 6.45) is 1.37. The van der Waals surface area contributed by atoms with Crippen LogP contribution in [0.5, 0.6) is 0 Å². The predicted molar refractivity (Wildman–Crippen MR) is 93.9 cm³/mol. The molecule has 0 spiro atoms. The molecule has 0 bridgehead atoms. The topological polar surface area (TPSA) is 117 Å². The smallest absolute Gasteiger partial charge is 0.283 e. The van der Waals surface area contributed by atoms with E-state index in [1.807, 2.05) is 4.90 Å². The van der Waals surface area contributed by atoms with Crippen molar-refractivity contribution in [2.24, 2.45) is 5.10 Å². The number of morpholine rings is 1. The summed E-state index contributed by atoms with van der Waals surface area (Å²) in [5.74, 6) is 0.133. The number of carbonyl (C=O) groups excluding carboxylic acids is 1. The van der Waals surface area contributed by atoms with E-state index in [0.717, 1.165) is 0 Å². The van der Waals surface area contributed by atoms with E-state index >= 15 is 0 Å². The number of hydrogen-bond donors (Lipinski definition) is 2. The molecular formula is C15H20N4O5S. The average molecular weight is 368 g/mol. The number of aliphatic hydroxyl groups excluding tert-OH is 1. The molecule has 2 rings (SSSR count). The van der Waals surface area contributed by atoms with Crippen LogP contribution in [0.15, 0.2) is 28.2 Å². The highest BCUT2D eigenvalue weighted by Crippen LogP contribution is 2.29. The Bertz CT molecular complexity index is 634. The standard InChI is InChI=1S/C15H20N4O5S/c20-5-8-25-14-2-1-12(9-13(14)19(22)23)10-16-17-15(21)11-18-3-6-24-7-4-18/h1-2,9-10,20H,3-8,11H2,(H,17,21). The Hall–Kier alpha value is -2.01. The van der Waals surface area contributed by atoms with Crippen molar-refractivity contribution >= 4 is 29.6 Å². The van der Waals surface area contributed by atoms with Crippen LogP contribution in [0, 0.1) is 10.1 Å². The monoisotopic (exact) mass is 368 g/mol. The molecule has 25 heavy (non-hydrogen) atoms. The molecule has 9 nitrogen and oxygen atoms in total. The third-order valence-electron chi connectivity index (χ3n) is 3.40. The first kappa shape index (κ1) is 19.3. The molecule has 1 fully saturated rings. The van der Waals surface area contributed by atoms with Gasteiger partial charge < -0.3 is 9.84 Å². The first-order chi connectivity index (χ1) is 12.1. The van der Waals surface area contributed by atoms with Gasteiger partial charge >= 0.3 is 0 Å². The van der Waals surface area contributed by atoms with Gasteiger partial charge in [0.2, 0.25) is 0 Å². The van der Waals surface area contributed by atoms with Crippen molar-refractivity contribution in [1.82, 2.24) is 10.3 Å². The fourth-order valence-electron chi connectivity index (χ4n) is 2.21. The molecule has 2 N–H and O–H groups in total. The van der Waals surface area contributed by atoms with Gasteiger partial charge in [0, 0.05) is 30.5 Å². The number of nitrogens with one attached hydrogen (secondary N) is 1. The fraction of sp³-hybridized carbons (Fsp3) is 0.467. The van der Waals surface area contributed by atoms with Gasteiger partial charge in [0.1, 0.15) is 0 Å². The average Bonchev–Trinajstić information content (AvgIpc) is 2.61. The second kappa shape index (κ2) is 10.1. The minimum Gasteiger partial charge on any atom is -0.396 e. The van der Waals surface area contributed by atoms with E-state index in [2.05, 4.69) is 10.5 Å². The Kier molecular flexibility index (Phi) is 7.79. The van der Waals surface area contributed by atoms with Gasteiger partial charge in [0.05, 0.1) is 42.4 Å². The molecule has 0 atom stereocenters. The minimum absolute atomic E-state index is 0.0537. The molecule has 1 aliphatic heterocycles. The van der Waals surface area contributed by atoms with Crippen molar-refractivity contribution in [3.63, 3.8) is 0 Å². The van der Waals surface area contributed by atoms with Crippen LogP contribution >= 0.6 is 11.8 Å². The van der Waals surface area contributed by atoms with Gasteiger partial charge in [0.25, 0.3) is 11.6 Å². The third-order valence-corrected chi connectivity index (χ3v) is 4.45. The summed E-state index contributed by atoms with van der Waals surface area (Å²) < 4.78 is 5.21. The van der Waals surface area contributed by atoms with Crippen LogP contribution in [-0.2, 0) is 9.53 Å². The number of nitro benzene ring substituents is 1. The lowest BCUT2D eigenvalue weighted by Gasteiger charge is -2.25. The number of hydrogen-bond acceptors (Lipinski definition) is 8. The predicted octanol–water partition coefficient (Wildman–Crippen LogP) is 0.462. The van der Waals surface area contributed by atoms with Gasteiger partial charge in [-0.3, -0.25) is 19.8 Å². The summed E-state index contributed by atoms with van der Waals surface area (Å²) in [5.41, 5.74) is 2.87. The highest BCUT2D eigenvalue weighted by atomic mass is 32.2. The summed E-state index contributed by atoms with van der Waals surface area (Å²) in [6, 6.07) is 4.66. The van der Waals surface area contributed by atoms with E-state index in [1.54, 1.807) is 12.1 Å². The first-order valence-corrected chi connectivity index (χ1v) is 8.73. The lowest BCUT2D eigenvalue weighted by atomic mass is 10.2. The third kappa shape index (κ3) is 6.42. The number of nitrogens with zero attached hydrogens (tertiary/aromatic N) is 3. The molecule has 136 valence electrons. The maximum absolute atomic E-state index is 11.8. The summed E-state index contributed by atoms with van der Waals surface area (Å²) >= 11 is 1.21. The zero-order chi connectivity index (χ0) is 18.1. The molecule has 1 saturated heterocycles. The van der Waals surface area contributed by atoms with Crippen molar-refractivity contribution < 1.29 is 19.6 Å². The van der Waals surface area contributed by atoms with E-state index in [9.17, 15) is 14.9 Å². The second-order valence-electron chi connectivity index (χ2n) is 5.24. The molecular weight excluding hydrogens is 348 g/mol. The SMILES string of the molecule is O=C(CN1CCOCC1)NN=Cc1ccc(SCCO)c([N+](=O)[O-])c1. The Morgan fingerprint density at radius 2 is 2.24 bits per heavy atom. The molecule has 10 heteroatoms. The molecule has 0 aromatic heterocycles. The van der Waals surface area contributed by atoms with E-state index in [-0.39, 0.29) is 24.7 Å². The Labute approximate surface area is 149 Å². The van der Waals surface area contributed by atoms with Gasteiger partial charge in [-0.1, -0.05) is 6.07 Å². The zero-order valence-corrected chi connectivity index (χ0v) is 14.4. The normalized spacial score (nSPS) is 15.4. The number of benzene rings is 1. The molecule has 0 radical (unpaired) electrons. The summed E-state index contributed by atoms with van der Waals surface area (Å²) in [5, 5.41) is 23.8. The van der Waals surface area contributed by atoms with Crippen molar-refractivity contribution in [2.45, 2.75) is 4.90 Å². The van der Waals surface area contributed by atoms with Gasteiger partial charge in [0.15, 0.2) is 0 Å². The van der Waals surface area contributed by atoms with E-state index in [0.29, 0.717) is 42.5 Å². The lowest BCUT2D eigenvalue weighted by molar-refractivity contribution is -0.387. The molecule has 0 unspecified atom stereocenters. The Morgan fingerprint density at radius 3 is 2.92 bits per heavy atom. The second-order valence-corrected chi connectivity index (χ2v) is 6.37. The molecule has 0 saturated carbocycles. The molecule has 1 heterocycles. The molecule has 1 amide bonds. The van der Waals surface area contributed by atoms with E-state index < -0.39 is 4.92 Å². The summed E-state index contributed by atoms with van der Waals surface area (Å²) in [6.45, 7) is 2.81. The highest BCUT2D eigenvalue weighted by Gasteiger charge is 2.15. The maximum atomic E-state index is 11.8. The van der Waals surface area contributed by atoms with Crippen LogP contribution in [0.3, 0.4) is 0 Å². The number of thioether (sulfide) groups is 1. The van der Waals surface area contributed by atoms with Crippen LogP contribution in [0.1, 0.15) is 5.56 Å². The van der Waals surface area contributed by atoms with Gasteiger partial charge in [-0.05, 0) is 6.07 Å². The van der Waals surface area contributed by atoms with Crippen molar-refractivity contribution in [3.05, 3.63) is 33.9 Å². The summed E-state index contributed by atoms with van der Waals surface area (Å²) in [7, 11) is 0. The van der Waals surface area contributed by atoms with Crippen molar-refractivity contribution in [3.8, 4) is 0 Å². The number of amides is 1. The van der Waals surface area contributed by atoms with Gasteiger partial charge in [-0.15, -0.1) is 11.8 Å². The zero-order valence-electron chi connectivity index (χ0n) is 13.6. The minimum atomic E-state index is -0.478. The molecule has 0 aliphatic carbocycles. The molecule has 1 aromatic rings. The van der Waals surface area contributed by atoms with Crippen LogP contribution < -0.4 is 5.43 Å². The van der Waals surface area contributed by atoms with Crippen molar-refractivity contribution in [2.75, 3.05) is 45.2 Å². The van der Waals surface area contributed by atoms with Crippen LogP contribution in [-0.4, -0.2) is 72.3 Å². The van der Waals surface area contributed by atoms with Gasteiger partial charge in [-0.2, -0.15) is 5.10 Å². The number of carbonyl (C=O) groups is 1. The highest BCUT2D eigenvalue weighted by molar-refractivity contribution is 7.99. The van der Waals surface area contributed by atoms with Crippen molar-refractivity contribution in [1.29, 1.82) is 0 Å². The number of aliphatic hydroxyl groups is 1. The first-order valence-electron chi connectivity index (χ1n) is 7.74. The number of hydrazone groups is 1. The van der Waals surface area contributed by atoms with Crippen LogP contribution in [0.25, 0.3) is 0 Å².